The molecule has 0 heterocycles. The number of carbonyl (C=O) groups excluding carboxylic acids is 1. The zero-order valence-corrected chi connectivity index (χ0v) is 16.0. The number of halogens is 2. The highest BCUT2D eigenvalue weighted by Gasteiger charge is 2.47. The normalized spacial score (nSPS) is 15.6. The molecule has 1 aliphatic carbocycles. The van der Waals surface area contributed by atoms with Gasteiger partial charge >= 0.3 is 5.97 Å². The standard InChI is InChI=1S/C17H18Cl2N2O6/c1-2-11(21(25)26)8-10-4-5-12(15(19)14(10)18)27-17(6-3-7-17)16(24)20-9-13(22)23/h4-5,8H,2-3,6-7,9H2,1H3,(H,20,24)(H,22,23)/b11-8+. The van der Waals surface area contributed by atoms with Crippen LogP contribution >= 0.6 is 23.2 Å². The third-order valence-electron chi connectivity index (χ3n) is 4.28. The Balaban J connectivity index is 2.26. The molecule has 0 saturated heterocycles. The Hall–Kier alpha value is -2.32. The maximum absolute atomic E-state index is 12.3. The maximum Gasteiger partial charge on any atom is 0.322 e. The topological polar surface area (TPSA) is 119 Å². The number of nitrogens with one attached hydrogen (secondary N) is 1. The number of ether oxygens (including phenoxy) is 1. The zero-order valence-electron chi connectivity index (χ0n) is 14.5. The van der Waals surface area contributed by atoms with Gasteiger partial charge in [0.2, 0.25) is 5.70 Å². The molecule has 8 nitrogen and oxygen atoms in total. The minimum absolute atomic E-state index is 0.0230. The van der Waals surface area contributed by atoms with Crippen molar-refractivity contribution in [2.75, 3.05) is 6.54 Å². The summed E-state index contributed by atoms with van der Waals surface area (Å²) in [5.74, 6) is -1.54. The second-order valence-electron chi connectivity index (χ2n) is 6.05. The molecule has 1 fully saturated rings. The molecule has 2 N–H and O–H groups in total. The number of carbonyl (C=O) groups is 2. The Bertz CT molecular complexity index is 805. The minimum atomic E-state index is -1.20. The molecule has 0 atom stereocenters. The molecule has 0 aliphatic heterocycles. The van der Waals surface area contributed by atoms with Crippen molar-refractivity contribution in [3.63, 3.8) is 0 Å². The summed E-state index contributed by atoms with van der Waals surface area (Å²) in [6.07, 6.45) is 3.11. The quantitative estimate of drug-likeness (QED) is 0.494. The summed E-state index contributed by atoms with van der Waals surface area (Å²) < 4.78 is 5.80. The first kappa shape index (κ1) is 21.0. The van der Waals surface area contributed by atoms with E-state index in [0.717, 1.165) is 6.42 Å². The van der Waals surface area contributed by atoms with Crippen molar-refractivity contribution in [3.8, 4) is 5.75 Å². The van der Waals surface area contributed by atoms with E-state index in [1.165, 1.54) is 18.2 Å². The van der Waals surface area contributed by atoms with E-state index < -0.39 is 28.9 Å². The van der Waals surface area contributed by atoms with E-state index in [-0.39, 0.29) is 27.9 Å². The van der Waals surface area contributed by atoms with Gasteiger partial charge in [0.05, 0.1) is 9.95 Å². The van der Waals surface area contributed by atoms with Gasteiger partial charge in [0.25, 0.3) is 5.91 Å². The first-order valence-electron chi connectivity index (χ1n) is 8.22. The predicted molar refractivity (Wildman–Crippen MR) is 99.6 cm³/mol. The van der Waals surface area contributed by atoms with Gasteiger partial charge in [0, 0.05) is 18.1 Å². The largest absolute Gasteiger partial charge is 0.480 e. The van der Waals surface area contributed by atoms with Crippen LogP contribution in [0.25, 0.3) is 6.08 Å². The Labute approximate surface area is 165 Å². The number of rotatable bonds is 8. The molecule has 1 aromatic carbocycles. The third-order valence-corrected chi connectivity index (χ3v) is 5.16. The fourth-order valence-electron chi connectivity index (χ4n) is 2.60. The number of hydrogen-bond acceptors (Lipinski definition) is 5. The van der Waals surface area contributed by atoms with Crippen LogP contribution in [0, 0.1) is 10.1 Å². The highest BCUT2D eigenvalue weighted by Crippen LogP contribution is 2.42. The molecule has 27 heavy (non-hydrogen) atoms. The van der Waals surface area contributed by atoms with Crippen molar-refractivity contribution in [2.24, 2.45) is 0 Å². The van der Waals surface area contributed by atoms with E-state index in [1.54, 1.807) is 6.92 Å². The smallest absolute Gasteiger partial charge is 0.322 e. The molecule has 146 valence electrons. The fraction of sp³-hybridized carbons (Fsp3) is 0.412. The molecule has 1 aromatic rings. The molecule has 0 spiro atoms. The first-order chi connectivity index (χ1) is 12.7. The van der Waals surface area contributed by atoms with Crippen LogP contribution in [0.4, 0.5) is 0 Å². The molecule has 2 rings (SSSR count). The van der Waals surface area contributed by atoms with Crippen molar-refractivity contribution in [2.45, 2.75) is 38.2 Å². The summed E-state index contributed by atoms with van der Waals surface area (Å²) in [4.78, 5) is 33.4. The number of carboxylic acid groups (broad SMARTS) is 1. The molecule has 0 aromatic heterocycles. The Morgan fingerprint density at radius 1 is 1.37 bits per heavy atom. The van der Waals surface area contributed by atoms with Crippen LogP contribution in [-0.4, -0.2) is 34.1 Å². The second-order valence-corrected chi connectivity index (χ2v) is 6.81. The van der Waals surface area contributed by atoms with Gasteiger partial charge in [-0.15, -0.1) is 0 Å². The van der Waals surface area contributed by atoms with Gasteiger partial charge in [-0.05, 0) is 31.4 Å². The number of benzene rings is 1. The predicted octanol–water partition coefficient (Wildman–Crippen LogP) is 3.52. The molecule has 0 radical (unpaired) electrons. The lowest BCUT2D eigenvalue weighted by Crippen LogP contribution is -2.56. The molecule has 1 aliphatic rings. The van der Waals surface area contributed by atoms with E-state index in [1.807, 2.05) is 0 Å². The van der Waals surface area contributed by atoms with E-state index in [9.17, 15) is 19.7 Å². The van der Waals surface area contributed by atoms with E-state index in [2.05, 4.69) is 5.32 Å². The maximum atomic E-state index is 12.3. The average Bonchev–Trinajstić information content (AvgIpc) is 2.58. The van der Waals surface area contributed by atoms with Gasteiger partial charge < -0.3 is 15.2 Å². The number of allylic oxidation sites excluding steroid dienone is 1. The molecule has 0 bridgehead atoms. The molecular formula is C17H18Cl2N2O6. The van der Waals surface area contributed by atoms with Gasteiger partial charge in [-0.25, -0.2) is 0 Å². The zero-order chi connectivity index (χ0) is 20.2. The van der Waals surface area contributed by atoms with Crippen LogP contribution in [-0.2, 0) is 9.59 Å². The van der Waals surface area contributed by atoms with Crippen LogP contribution in [0.2, 0.25) is 10.0 Å². The minimum Gasteiger partial charge on any atom is -0.480 e. The average molecular weight is 417 g/mol. The van der Waals surface area contributed by atoms with Gasteiger partial charge in [-0.2, -0.15) is 0 Å². The molecular weight excluding hydrogens is 399 g/mol. The Morgan fingerprint density at radius 2 is 2.04 bits per heavy atom. The van der Waals surface area contributed by atoms with Gasteiger partial charge in [0.1, 0.15) is 17.3 Å². The highest BCUT2D eigenvalue weighted by molar-refractivity contribution is 6.43. The number of carboxylic acids is 1. The summed E-state index contributed by atoms with van der Waals surface area (Å²) in [7, 11) is 0. The van der Waals surface area contributed by atoms with E-state index in [0.29, 0.717) is 18.4 Å². The molecule has 10 heteroatoms. The van der Waals surface area contributed by atoms with Crippen molar-refractivity contribution in [3.05, 3.63) is 43.6 Å². The molecule has 1 amide bonds. The molecule has 1 saturated carbocycles. The summed E-state index contributed by atoms with van der Waals surface area (Å²) in [5, 5.41) is 22.1. The Kier molecular flexibility index (Phi) is 6.67. The SMILES string of the molecule is CC/C(=C\c1ccc(OC2(C(=O)NCC(=O)O)CCC2)c(Cl)c1Cl)[N+](=O)[O-]. The van der Waals surface area contributed by atoms with E-state index in [4.69, 9.17) is 33.0 Å². The van der Waals surface area contributed by atoms with Crippen LogP contribution in [0.1, 0.15) is 38.2 Å². The van der Waals surface area contributed by atoms with Crippen LogP contribution in [0.3, 0.4) is 0 Å². The summed E-state index contributed by atoms with van der Waals surface area (Å²) in [6, 6.07) is 3.00. The highest BCUT2D eigenvalue weighted by atomic mass is 35.5. The summed E-state index contributed by atoms with van der Waals surface area (Å²) in [6.45, 7) is 1.14. The van der Waals surface area contributed by atoms with Gasteiger partial charge in [-0.1, -0.05) is 30.1 Å². The number of nitro groups is 1. The van der Waals surface area contributed by atoms with Gasteiger partial charge in [0.15, 0.2) is 5.60 Å². The number of nitrogens with zero attached hydrogens (tertiary/aromatic N) is 1. The lowest BCUT2D eigenvalue weighted by atomic mass is 9.79. The number of hydrogen-bond donors (Lipinski definition) is 2. The van der Waals surface area contributed by atoms with Crippen molar-refractivity contribution in [1.82, 2.24) is 5.32 Å². The summed E-state index contributed by atoms with van der Waals surface area (Å²) in [5.41, 5.74) is -0.861. The number of amides is 1. The van der Waals surface area contributed by atoms with Gasteiger partial charge in [-0.3, -0.25) is 19.7 Å². The Morgan fingerprint density at radius 3 is 2.52 bits per heavy atom. The second kappa shape index (κ2) is 8.58. The van der Waals surface area contributed by atoms with Crippen LogP contribution in [0.5, 0.6) is 5.75 Å². The lowest BCUT2D eigenvalue weighted by molar-refractivity contribution is -0.425. The first-order valence-corrected chi connectivity index (χ1v) is 8.98. The monoisotopic (exact) mass is 416 g/mol. The lowest BCUT2D eigenvalue weighted by Gasteiger charge is -2.40. The fourth-order valence-corrected chi connectivity index (χ4v) is 3.02. The van der Waals surface area contributed by atoms with Crippen LogP contribution < -0.4 is 10.1 Å². The summed E-state index contributed by atoms with van der Waals surface area (Å²) >= 11 is 12.5. The third kappa shape index (κ3) is 4.70. The number of aliphatic carboxylic acids is 1. The van der Waals surface area contributed by atoms with E-state index >= 15 is 0 Å². The van der Waals surface area contributed by atoms with Crippen LogP contribution in [0.15, 0.2) is 17.8 Å². The van der Waals surface area contributed by atoms with Crippen molar-refractivity contribution >= 4 is 41.2 Å². The molecule has 0 unspecified atom stereocenters. The van der Waals surface area contributed by atoms with Crippen molar-refractivity contribution < 1.29 is 24.4 Å². The van der Waals surface area contributed by atoms with Crippen molar-refractivity contribution in [1.29, 1.82) is 0 Å².